The van der Waals surface area contributed by atoms with Gasteiger partial charge in [-0.05, 0) is 67.1 Å². The number of benzene rings is 4. The summed E-state index contributed by atoms with van der Waals surface area (Å²) in [6.45, 7) is 4.05. The Kier molecular flexibility index (Phi) is 7.27. The summed E-state index contributed by atoms with van der Waals surface area (Å²) in [5, 5.41) is 2.23. The molecule has 0 spiro atoms. The van der Waals surface area contributed by atoms with Crippen molar-refractivity contribution in [3.8, 4) is 0 Å². The number of hydrogen-bond acceptors (Lipinski definition) is 5. The minimum absolute atomic E-state index is 0.154. The van der Waals surface area contributed by atoms with E-state index in [1.165, 1.54) is 27.8 Å². The highest BCUT2D eigenvalue weighted by Crippen LogP contribution is 2.32. The molecule has 0 aliphatic carbocycles. The van der Waals surface area contributed by atoms with Gasteiger partial charge in [-0.2, -0.15) is 4.99 Å². The standard InChI is InChI=1S/C31H29N3O4S2/c1-2-38-21-20-33-28-18-15-22-8-3-5-11-26(22)29(28)39-31(33)32-30(35)24-13-16-25(17-14-24)40(36,37)34-19-7-10-23-9-4-6-12-27(23)34/h3-6,8-9,11-18H,2,7,10,19-21H2,1H3. The van der Waals surface area contributed by atoms with Gasteiger partial charge in [0.25, 0.3) is 15.9 Å². The van der Waals surface area contributed by atoms with Crippen molar-refractivity contribution in [2.24, 2.45) is 4.99 Å². The molecule has 1 aliphatic heterocycles. The van der Waals surface area contributed by atoms with Gasteiger partial charge >= 0.3 is 0 Å². The largest absolute Gasteiger partial charge is 0.380 e. The predicted molar refractivity (Wildman–Crippen MR) is 159 cm³/mol. The molecule has 0 atom stereocenters. The molecule has 2 heterocycles. The third-order valence-electron chi connectivity index (χ3n) is 7.19. The van der Waals surface area contributed by atoms with Crippen LogP contribution in [0.4, 0.5) is 5.69 Å². The van der Waals surface area contributed by atoms with E-state index >= 15 is 0 Å². The lowest BCUT2D eigenvalue weighted by Crippen LogP contribution is -2.35. The molecule has 0 radical (unpaired) electrons. The van der Waals surface area contributed by atoms with Gasteiger partial charge in [0.1, 0.15) is 0 Å². The third kappa shape index (κ3) is 4.85. The molecule has 40 heavy (non-hydrogen) atoms. The Morgan fingerprint density at radius 2 is 1.75 bits per heavy atom. The van der Waals surface area contributed by atoms with Gasteiger partial charge in [0.15, 0.2) is 4.80 Å². The lowest BCUT2D eigenvalue weighted by Gasteiger charge is -2.30. The monoisotopic (exact) mass is 571 g/mol. The van der Waals surface area contributed by atoms with Gasteiger partial charge < -0.3 is 9.30 Å². The average molecular weight is 572 g/mol. The summed E-state index contributed by atoms with van der Waals surface area (Å²) in [4.78, 5) is 18.5. The highest BCUT2D eigenvalue weighted by molar-refractivity contribution is 7.92. The molecule has 6 rings (SSSR count). The third-order valence-corrected chi connectivity index (χ3v) is 10.1. The zero-order valence-corrected chi connectivity index (χ0v) is 23.7. The van der Waals surface area contributed by atoms with Crippen LogP contribution in [0.1, 0.15) is 29.3 Å². The highest BCUT2D eigenvalue weighted by Gasteiger charge is 2.29. The number of rotatable bonds is 7. The van der Waals surface area contributed by atoms with Gasteiger partial charge in [-0.3, -0.25) is 9.10 Å². The first-order chi connectivity index (χ1) is 19.5. The predicted octanol–water partition coefficient (Wildman–Crippen LogP) is 5.78. The molecule has 1 amide bonds. The summed E-state index contributed by atoms with van der Waals surface area (Å²) in [6.07, 6.45) is 1.62. The van der Waals surface area contributed by atoms with Crippen LogP contribution in [0, 0.1) is 0 Å². The number of amides is 1. The topological polar surface area (TPSA) is 81.0 Å². The maximum absolute atomic E-state index is 13.5. The van der Waals surface area contributed by atoms with Crippen molar-refractivity contribution in [1.29, 1.82) is 0 Å². The van der Waals surface area contributed by atoms with E-state index in [9.17, 15) is 13.2 Å². The maximum atomic E-state index is 13.5. The summed E-state index contributed by atoms with van der Waals surface area (Å²) in [6, 6.07) is 26.0. The fourth-order valence-corrected chi connectivity index (χ4v) is 7.93. The van der Waals surface area contributed by atoms with Crippen LogP contribution in [0.15, 0.2) is 94.8 Å². The second-order valence-corrected chi connectivity index (χ2v) is 12.5. The molecule has 0 saturated carbocycles. The molecule has 1 aromatic heterocycles. The molecule has 4 aromatic carbocycles. The van der Waals surface area contributed by atoms with Crippen LogP contribution in [0.3, 0.4) is 0 Å². The molecule has 5 aromatic rings. The minimum Gasteiger partial charge on any atom is -0.380 e. The van der Waals surface area contributed by atoms with E-state index in [2.05, 4.69) is 29.3 Å². The first-order valence-electron chi connectivity index (χ1n) is 13.4. The normalized spacial score (nSPS) is 14.1. The Morgan fingerprint density at radius 1 is 0.975 bits per heavy atom. The zero-order valence-electron chi connectivity index (χ0n) is 22.1. The van der Waals surface area contributed by atoms with E-state index in [0.29, 0.717) is 36.7 Å². The fourth-order valence-electron chi connectivity index (χ4n) is 5.20. The van der Waals surface area contributed by atoms with Gasteiger partial charge in [-0.15, -0.1) is 0 Å². The molecular weight excluding hydrogens is 542 g/mol. The van der Waals surface area contributed by atoms with E-state index in [-0.39, 0.29) is 4.90 Å². The van der Waals surface area contributed by atoms with Crippen molar-refractivity contribution in [3.63, 3.8) is 0 Å². The average Bonchev–Trinajstić information content (AvgIpc) is 3.34. The lowest BCUT2D eigenvalue weighted by molar-refractivity contribution is 0.0996. The molecule has 0 unspecified atom stereocenters. The van der Waals surface area contributed by atoms with Gasteiger partial charge in [0, 0.05) is 30.6 Å². The summed E-state index contributed by atoms with van der Waals surface area (Å²) in [7, 11) is -3.76. The summed E-state index contributed by atoms with van der Waals surface area (Å²) >= 11 is 1.47. The van der Waals surface area contributed by atoms with Crippen molar-refractivity contribution >= 4 is 53.9 Å². The Balaban J connectivity index is 1.34. The first-order valence-corrected chi connectivity index (χ1v) is 15.6. The van der Waals surface area contributed by atoms with Crippen LogP contribution in [0.5, 0.6) is 0 Å². The van der Waals surface area contributed by atoms with Gasteiger partial charge in [-0.25, -0.2) is 8.42 Å². The van der Waals surface area contributed by atoms with E-state index in [1.807, 2.05) is 47.9 Å². The Labute approximate surface area is 237 Å². The fraction of sp³-hybridized carbons (Fsp3) is 0.226. The van der Waals surface area contributed by atoms with Crippen molar-refractivity contribution in [2.75, 3.05) is 24.1 Å². The highest BCUT2D eigenvalue weighted by atomic mass is 32.2. The Morgan fingerprint density at radius 3 is 2.58 bits per heavy atom. The van der Waals surface area contributed by atoms with Crippen molar-refractivity contribution < 1.29 is 17.9 Å². The number of aromatic nitrogens is 1. The lowest BCUT2D eigenvalue weighted by atomic mass is 10.0. The van der Waals surface area contributed by atoms with Crippen LogP contribution in [0.25, 0.3) is 21.0 Å². The summed E-state index contributed by atoms with van der Waals surface area (Å²) < 4.78 is 37.2. The molecule has 1 aliphatic rings. The van der Waals surface area contributed by atoms with Crippen LogP contribution < -0.4 is 9.11 Å². The van der Waals surface area contributed by atoms with Crippen molar-refractivity contribution in [2.45, 2.75) is 31.2 Å². The molecular formula is C31H29N3O4S2. The smallest absolute Gasteiger partial charge is 0.279 e. The number of anilines is 1. The maximum Gasteiger partial charge on any atom is 0.279 e. The minimum atomic E-state index is -3.76. The summed E-state index contributed by atoms with van der Waals surface area (Å²) in [5.74, 6) is -0.423. The molecule has 0 fully saturated rings. The van der Waals surface area contributed by atoms with Crippen LogP contribution >= 0.6 is 11.3 Å². The number of carbonyl (C=O) groups excluding carboxylic acids is 1. The molecule has 0 bridgehead atoms. The molecule has 204 valence electrons. The van der Waals surface area contributed by atoms with E-state index in [0.717, 1.165) is 45.1 Å². The second kappa shape index (κ2) is 11.0. The Bertz CT molecular complexity index is 1890. The zero-order chi connectivity index (χ0) is 27.7. The van der Waals surface area contributed by atoms with Crippen molar-refractivity contribution in [1.82, 2.24) is 4.57 Å². The number of sulfonamides is 1. The number of para-hydroxylation sites is 1. The van der Waals surface area contributed by atoms with Gasteiger partial charge in [0.2, 0.25) is 0 Å². The molecule has 9 heteroatoms. The van der Waals surface area contributed by atoms with Gasteiger partial charge in [0.05, 0.1) is 27.4 Å². The van der Waals surface area contributed by atoms with Gasteiger partial charge in [-0.1, -0.05) is 59.9 Å². The number of fused-ring (bicyclic) bond motifs is 4. The number of nitrogens with zero attached hydrogens (tertiary/aromatic N) is 3. The molecule has 0 N–H and O–H groups in total. The SMILES string of the molecule is CCOCCn1c(=NC(=O)c2ccc(S(=O)(=O)N3CCCc4ccccc43)cc2)sc2c3ccccc3ccc21. The number of aryl methyl sites for hydroxylation is 1. The quantitative estimate of drug-likeness (QED) is 0.232. The number of carbonyl (C=O) groups is 1. The van der Waals surface area contributed by atoms with Crippen LogP contribution in [-0.2, 0) is 27.7 Å². The first kappa shape index (κ1) is 26.4. The van der Waals surface area contributed by atoms with E-state index in [4.69, 9.17) is 4.74 Å². The second-order valence-electron chi connectivity index (χ2n) is 9.62. The number of ether oxygens (including phenoxy) is 1. The van der Waals surface area contributed by atoms with Crippen LogP contribution in [-0.4, -0.2) is 38.7 Å². The molecule has 0 saturated heterocycles. The number of thiazole rings is 1. The molecule has 7 nitrogen and oxygen atoms in total. The van der Waals surface area contributed by atoms with E-state index in [1.54, 1.807) is 12.1 Å². The van der Waals surface area contributed by atoms with Crippen molar-refractivity contribution in [3.05, 3.63) is 101 Å². The van der Waals surface area contributed by atoms with Crippen LogP contribution in [0.2, 0.25) is 0 Å². The van der Waals surface area contributed by atoms with E-state index < -0.39 is 15.9 Å². The number of hydrogen-bond donors (Lipinski definition) is 0. The summed E-state index contributed by atoms with van der Waals surface area (Å²) in [5.41, 5.74) is 3.07. The Hall–Kier alpha value is -3.79.